The summed E-state index contributed by atoms with van der Waals surface area (Å²) in [5.41, 5.74) is 11.7. The Hall–Kier alpha value is -0.870. The van der Waals surface area contributed by atoms with Crippen molar-refractivity contribution in [2.24, 2.45) is 5.73 Å². The van der Waals surface area contributed by atoms with Crippen molar-refractivity contribution in [2.45, 2.75) is 13.0 Å². The molecule has 1 heterocycles. The van der Waals surface area contributed by atoms with Crippen LogP contribution in [0.3, 0.4) is 0 Å². The van der Waals surface area contributed by atoms with Crippen molar-refractivity contribution in [3.05, 3.63) is 16.8 Å². The molecule has 1 aromatic rings. The number of nitrogens with two attached hydrogens (primary N) is 2. The Morgan fingerprint density at radius 2 is 2.18 bits per heavy atom. The van der Waals surface area contributed by atoms with Crippen molar-refractivity contribution >= 4 is 17.4 Å². The Bertz CT molecular complexity index is 261. The largest absolute Gasteiger partial charge is 0.382 e. The summed E-state index contributed by atoms with van der Waals surface area (Å²) in [6.07, 6.45) is 0. The van der Waals surface area contributed by atoms with Gasteiger partial charge >= 0.3 is 0 Å². The zero-order valence-corrected chi connectivity index (χ0v) is 6.84. The van der Waals surface area contributed by atoms with Gasteiger partial charge in [0.15, 0.2) is 5.15 Å². The van der Waals surface area contributed by atoms with Crippen LogP contribution in [0.1, 0.15) is 18.5 Å². The van der Waals surface area contributed by atoms with Crippen LogP contribution >= 0.6 is 11.6 Å². The Morgan fingerprint density at radius 1 is 1.55 bits per heavy atom. The highest BCUT2D eigenvalue weighted by molar-refractivity contribution is 6.30. The second-order valence-electron chi connectivity index (χ2n) is 2.30. The van der Waals surface area contributed by atoms with E-state index < -0.39 is 0 Å². The van der Waals surface area contributed by atoms with Crippen molar-refractivity contribution in [3.8, 4) is 0 Å². The number of nitrogen functional groups attached to an aromatic ring is 1. The molecule has 0 saturated carbocycles. The Kier molecular flexibility index (Phi) is 2.26. The maximum atomic E-state index is 5.68. The molecule has 1 unspecified atom stereocenters. The molecule has 0 saturated heterocycles. The molecule has 11 heavy (non-hydrogen) atoms. The summed E-state index contributed by atoms with van der Waals surface area (Å²) >= 11 is 5.68. The summed E-state index contributed by atoms with van der Waals surface area (Å²) in [4.78, 5) is 0. The minimum atomic E-state index is -0.166. The third-order valence-electron chi connectivity index (χ3n) is 1.29. The van der Waals surface area contributed by atoms with Gasteiger partial charge in [-0.1, -0.05) is 11.6 Å². The molecular weight excluding hydrogens is 164 g/mol. The summed E-state index contributed by atoms with van der Waals surface area (Å²) in [5.74, 6) is 0.335. The van der Waals surface area contributed by atoms with Crippen LogP contribution in [-0.2, 0) is 0 Å². The number of aromatic nitrogens is 2. The number of hydrogen-bond acceptors (Lipinski definition) is 4. The monoisotopic (exact) mass is 172 g/mol. The number of hydrogen-bond donors (Lipinski definition) is 2. The van der Waals surface area contributed by atoms with Crippen LogP contribution in [-0.4, -0.2) is 10.2 Å². The molecule has 1 aromatic heterocycles. The van der Waals surface area contributed by atoms with Gasteiger partial charge in [0.2, 0.25) is 0 Å². The SMILES string of the molecule is CC(N)c1cc(N)nnc1Cl. The van der Waals surface area contributed by atoms with Crippen molar-refractivity contribution in [1.82, 2.24) is 10.2 Å². The molecule has 0 aliphatic heterocycles. The standard InChI is InChI=1S/C6H9ClN4/c1-3(8)4-2-5(9)10-11-6(4)7/h2-3H,8H2,1H3,(H2,9,10). The molecule has 0 aliphatic carbocycles. The van der Waals surface area contributed by atoms with Crippen LogP contribution in [0.4, 0.5) is 5.82 Å². The third-order valence-corrected chi connectivity index (χ3v) is 1.58. The molecule has 1 rings (SSSR count). The van der Waals surface area contributed by atoms with Crippen molar-refractivity contribution in [1.29, 1.82) is 0 Å². The first-order valence-corrected chi connectivity index (χ1v) is 3.53. The zero-order chi connectivity index (χ0) is 8.43. The van der Waals surface area contributed by atoms with E-state index in [4.69, 9.17) is 23.1 Å². The summed E-state index contributed by atoms with van der Waals surface area (Å²) in [6, 6.07) is 1.46. The highest BCUT2D eigenvalue weighted by atomic mass is 35.5. The number of anilines is 1. The van der Waals surface area contributed by atoms with E-state index in [1.54, 1.807) is 6.07 Å². The van der Waals surface area contributed by atoms with Crippen molar-refractivity contribution < 1.29 is 0 Å². The fourth-order valence-corrected chi connectivity index (χ4v) is 0.991. The number of rotatable bonds is 1. The molecule has 0 radical (unpaired) electrons. The second kappa shape index (κ2) is 3.02. The van der Waals surface area contributed by atoms with E-state index in [0.29, 0.717) is 11.0 Å². The van der Waals surface area contributed by atoms with Gasteiger partial charge in [0, 0.05) is 11.6 Å². The lowest BCUT2D eigenvalue weighted by atomic mass is 10.2. The lowest BCUT2D eigenvalue weighted by molar-refractivity contribution is 0.802. The highest BCUT2D eigenvalue weighted by Gasteiger charge is 2.06. The van der Waals surface area contributed by atoms with E-state index in [0.717, 1.165) is 5.56 Å². The van der Waals surface area contributed by atoms with Crippen LogP contribution in [0.15, 0.2) is 6.07 Å². The van der Waals surface area contributed by atoms with Gasteiger partial charge in [0.25, 0.3) is 0 Å². The fraction of sp³-hybridized carbons (Fsp3) is 0.333. The molecular formula is C6H9ClN4. The quantitative estimate of drug-likeness (QED) is 0.655. The minimum absolute atomic E-state index is 0.166. The maximum absolute atomic E-state index is 5.68. The first kappa shape index (κ1) is 8.23. The average Bonchev–Trinajstić information content (AvgIpc) is 1.94. The lowest BCUT2D eigenvalue weighted by Crippen LogP contribution is -2.08. The van der Waals surface area contributed by atoms with E-state index in [9.17, 15) is 0 Å². The number of halogens is 1. The molecule has 0 spiro atoms. The van der Waals surface area contributed by atoms with Gasteiger partial charge in [-0.2, -0.15) is 0 Å². The van der Waals surface area contributed by atoms with Crippen LogP contribution in [0.2, 0.25) is 5.15 Å². The molecule has 5 heteroatoms. The van der Waals surface area contributed by atoms with Gasteiger partial charge in [0.05, 0.1) is 0 Å². The van der Waals surface area contributed by atoms with E-state index in [1.165, 1.54) is 0 Å². The van der Waals surface area contributed by atoms with E-state index in [1.807, 2.05) is 6.92 Å². The van der Waals surface area contributed by atoms with Crippen LogP contribution in [0, 0.1) is 0 Å². The molecule has 0 aromatic carbocycles. The van der Waals surface area contributed by atoms with Crippen molar-refractivity contribution in [3.63, 3.8) is 0 Å². The smallest absolute Gasteiger partial charge is 0.156 e. The highest BCUT2D eigenvalue weighted by Crippen LogP contribution is 2.18. The molecule has 0 fully saturated rings. The van der Waals surface area contributed by atoms with Gasteiger partial charge in [-0.05, 0) is 13.0 Å². The topological polar surface area (TPSA) is 77.8 Å². The molecule has 0 bridgehead atoms. The first-order valence-electron chi connectivity index (χ1n) is 3.15. The van der Waals surface area contributed by atoms with Crippen molar-refractivity contribution in [2.75, 3.05) is 5.73 Å². The summed E-state index contributed by atoms with van der Waals surface area (Å²) in [5, 5.41) is 7.49. The van der Waals surface area contributed by atoms with E-state index in [-0.39, 0.29) is 6.04 Å². The summed E-state index contributed by atoms with van der Waals surface area (Å²) in [6.45, 7) is 1.81. The predicted octanol–water partition coefficient (Wildman–Crippen LogP) is 0.732. The average molecular weight is 173 g/mol. The predicted molar refractivity (Wildman–Crippen MR) is 44.1 cm³/mol. The van der Waals surface area contributed by atoms with Crippen LogP contribution in [0.5, 0.6) is 0 Å². The normalized spacial score (nSPS) is 13.0. The van der Waals surface area contributed by atoms with Crippen LogP contribution in [0.25, 0.3) is 0 Å². The molecule has 60 valence electrons. The Morgan fingerprint density at radius 3 is 2.64 bits per heavy atom. The van der Waals surface area contributed by atoms with Gasteiger partial charge < -0.3 is 11.5 Å². The first-order chi connectivity index (χ1) is 5.11. The zero-order valence-electron chi connectivity index (χ0n) is 6.08. The van der Waals surface area contributed by atoms with Gasteiger partial charge in [-0.3, -0.25) is 0 Å². The van der Waals surface area contributed by atoms with E-state index in [2.05, 4.69) is 10.2 Å². The van der Waals surface area contributed by atoms with Gasteiger partial charge in [0.1, 0.15) is 5.82 Å². The molecule has 1 atom stereocenters. The van der Waals surface area contributed by atoms with Gasteiger partial charge in [-0.15, -0.1) is 10.2 Å². The Labute approximate surface area is 69.6 Å². The fourth-order valence-electron chi connectivity index (χ4n) is 0.726. The molecule has 4 N–H and O–H groups in total. The molecule has 0 amide bonds. The Balaban J connectivity index is 3.13. The number of nitrogens with zero attached hydrogens (tertiary/aromatic N) is 2. The van der Waals surface area contributed by atoms with Crippen LogP contribution < -0.4 is 11.5 Å². The second-order valence-corrected chi connectivity index (χ2v) is 2.66. The lowest BCUT2D eigenvalue weighted by Gasteiger charge is -2.05. The summed E-state index contributed by atoms with van der Waals surface area (Å²) < 4.78 is 0. The maximum Gasteiger partial charge on any atom is 0.156 e. The van der Waals surface area contributed by atoms with E-state index >= 15 is 0 Å². The molecule has 0 aliphatic rings. The van der Waals surface area contributed by atoms with Gasteiger partial charge in [-0.25, -0.2) is 0 Å². The minimum Gasteiger partial charge on any atom is -0.382 e. The summed E-state index contributed by atoms with van der Waals surface area (Å²) in [7, 11) is 0. The molecule has 4 nitrogen and oxygen atoms in total. The third kappa shape index (κ3) is 1.78.